The van der Waals surface area contributed by atoms with Gasteiger partial charge in [-0.2, -0.15) is 0 Å². The van der Waals surface area contributed by atoms with Crippen LogP contribution in [0.15, 0.2) is 23.2 Å². The second-order valence-electron chi connectivity index (χ2n) is 6.57. The fourth-order valence-electron chi connectivity index (χ4n) is 2.36. The van der Waals surface area contributed by atoms with Gasteiger partial charge >= 0.3 is 0 Å². The van der Waals surface area contributed by atoms with Gasteiger partial charge in [-0.25, -0.2) is 26.9 Å². The van der Waals surface area contributed by atoms with Crippen molar-refractivity contribution in [2.24, 2.45) is 4.99 Å². The lowest BCUT2D eigenvalue weighted by molar-refractivity contribution is 0.381. The fourth-order valence-corrected chi connectivity index (χ4v) is 2.36. The molecule has 0 saturated heterocycles. The Labute approximate surface area is 141 Å². The minimum absolute atomic E-state index is 0.0909. The first-order valence-electron chi connectivity index (χ1n) is 7.36. The number of para-hydroxylation sites is 1. The van der Waals surface area contributed by atoms with Gasteiger partial charge in [0, 0.05) is 11.3 Å². The molecule has 134 valence electrons. The molecule has 2 rings (SSSR count). The van der Waals surface area contributed by atoms with E-state index in [0.717, 1.165) is 0 Å². The van der Waals surface area contributed by atoms with E-state index in [1.54, 1.807) is 12.1 Å². The number of aromatic hydroxyl groups is 1. The van der Waals surface area contributed by atoms with E-state index >= 15 is 0 Å². The zero-order valence-corrected chi connectivity index (χ0v) is 14.0. The second-order valence-corrected chi connectivity index (χ2v) is 6.57. The molecule has 0 saturated carbocycles. The second kappa shape index (κ2) is 6.46. The Balaban J connectivity index is 2.66. The Hall–Kier alpha value is -2.44. The summed E-state index contributed by atoms with van der Waals surface area (Å²) in [4.78, 5) is 3.54. The summed E-state index contributed by atoms with van der Waals surface area (Å²) in [5, 5.41) is 10.4. The van der Waals surface area contributed by atoms with Gasteiger partial charge in [0.2, 0.25) is 5.82 Å². The van der Waals surface area contributed by atoms with Crippen molar-refractivity contribution in [2.75, 3.05) is 0 Å². The molecule has 2 aromatic carbocycles. The van der Waals surface area contributed by atoms with Gasteiger partial charge in [0.1, 0.15) is 11.4 Å². The third-order valence-corrected chi connectivity index (χ3v) is 3.70. The topological polar surface area (TPSA) is 32.6 Å². The van der Waals surface area contributed by atoms with Crippen LogP contribution in [0.4, 0.5) is 27.6 Å². The van der Waals surface area contributed by atoms with Crippen molar-refractivity contribution in [3.05, 3.63) is 58.4 Å². The predicted octanol–water partition coefficient (Wildman–Crippen LogP) is 5.53. The molecule has 0 atom stereocenters. The molecule has 2 aromatic rings. The molecule has 2 nitrogen and oxygen atoms in total. The summed E-state index contributed by atoms with van der Waals surface area (Å²) in [5.41, 5.74) is -1.13. The SMILES string of the molecule is CC(=Nc1c(F)c(F)c(F)c(F)c1F)c1cccc(C(C)(C)C)c1O. The van der Waals surface area contributed by atoms with E-state index in [-0.39, 0.29) is 17.0 Å². The van der Waals surface area contributed by atoms with Crippen molar-refractivity contribution < 1.29 is 27.1 Å². The van der Waals surface area contributed by atoms with Crippen LogP contribution in [0.3, 0.4) is 0 Å². The summed E-state index contributed by atoms with van der Waals surface area (Å²) in [5.74, 6) is -10.6. The van der Waals surface area contributed by atoms with Crippen LogP contribution >= 0.6 is 0 Å². The molecule has 0 radical (unpaired) electrons. The van der Waals surface area contributed by atoms with Crippen molar-refractivity contribution in [1.82, 2.24) is 0 Å². The number of aliphatic imine (C=N–C) groups is 1. The van der Waals surface area contributed by atoms with Gasteiger partial charge < -0.3 is 5.11 Å². The van der Waals surface area contributed by atoms with E-state index in [2.05, 4.69) is 4.99 Å². The molecule has 0 fully saturated rings. The Morgan fingerprint density at radius 3 is 1.84 bits per heavy atom. The predicted molar refractivity (Wildman–Crippen MR) is 84.9 cm³/mol. The lowest BCUT2D eigenvalue weighted by atomic mass is 9.85. The third kappa shape index (κ3) is 3.36. The minimum atomic E-state index is -2.25. The van der Waals surface area contributed by atoms with Crippen molar-refractivity contribution in [1.29, 1.82) is 0 Å². The highest BCUT2D eigenvalue weighted by Crippen LogP contribution is 2.35. The van der Waals surface area contributed by atoms with Gasteiger partial charge in [-0.15, -0.1) is 0 Å². The van der Waals surface area contributed by atoms with Crippen LogP contribution < -0.4 is 0 Å². The smallest absolute Gasteiger partial charge is 0.200 e. The number of hydrogen-bond donors (Lipinski definition) is 1. The maximum atomic E-state index is 13.8. The molecule has 0 unspecified atom stereocenters. The van der Waals surface area contributed by atoms with Crippen molar-refractivity contribution in [2.45, 2.75) is 33.1 Å². The van der Waals surface area contributed by atoms with E-state index < -0.39 is 40.2 Å². The standard InChI is InChI=1S/C18H16F5NO/c1-8(9-6-5-7-10(17(9)25)18(2,3)4)24-16-14(22)12(20)11(19)13(21)15(16)23/h5-7,25H,1-4H3. The van der Waals surface area contributed by atoms with Gasteiger partial charge in [0.05, 0.1) is 0 Å². The Kier molecular flexibility index (Phi) is 4.88. The first-order valence-corrected chi connectivity index (χ1v) is 7.36. The van der Waals surface area contributed by atoms with E-state index in [9.17, 15) is 27.1 Å². The number of nitrogens with zero attached hydrogens (tertiary/aromatic N) is 1. The highest BCUT2D eigenvalue weighted by Gasteiger charge is 2.26. The zero-order valence-electron chi connectivity index (χ0n) is 14.0. The molecule has 7 heteroatoms. The molecule has 0 aliphatic rings. The van der Waals surface area contributed by atoms with Gasteiger partial charge in [0.15, 0.2) is 23.3 Å². The summed E-state index contributed by atoms with van der Waals surface area (Å²) in [6.07, 6.45) is 0. The number of phenols is 1. The summed E-state index contributed by atoms with van der Waals surface area (Å²) in [6.45, 7) is 6.85. The normalized spacial score (nSPS) is 12.6. The Morgan fingerprint density at radius 1 is 0.880 bits per heavy atom. The zero-order chi connectivity index (χ0) is 19.1. The summed E-state index contributed by atoms with van der Waals surface area (Å²) >= 11 is 0. The molecular weight excluding hydrogens is 341 g/mol. The summed E-state index contributed by atoms with van der Waals surface area (Å²) in [7, 11) is 0. The Bertz CT molecular complexity index is 840. The highest BCUT2D eigenvalue weighted by molar-refractivity contribution is 6.02. The average Bonchev–Trinajstić information content (AvgIpc) is 2.54. The van der Waals surface area contributed by atoms with Crippen LogP contribution in [-0.4, -0.2) is 10.8 Å². The van der Waals surface area contributed by atoms with Gasteiger partial charge in [-0.3, -0.25) is 0 Å². The largest absolute Gasteiger partial charge is 0.507 e. The van der Waals surface area contributed by atoms with Crippen molar-refractivity contribution in [3.63, 3.8) is 0 Å². The molecule has 0 aromatic heterocycles. The van der Waals surface area contributed by atoms with Gasteiger partial charge in [-0.05, 0) is 24.0 Å². The first kappa shape index (κ1) is 18.9. The first-order chi connectivity index (χ1) is 11.5. The van der Waals surface area contributed by atoms with E-state index in [4.69, 9.17) is 0 Å². The number of benzene rings is 2. The van der Waals surface area contributed by atoms with Crippen LogP contribution in [0.2, 0.25) is 0 Å². The maximum Gasteiger partial charge on any atom is 0.200 e. The van der Waals surface area contributed by atoms with Crippen molar-refractivity contribution >= 4 is 11.4 Å². The van der Waals surface area contributed by atoms with Crippen molar-refractivity contribution in [3.8, 4) is 5.75 Å². The quantitative estimate of drug-likeness (QED) is 0.326. The third-order valence-electron chi connectivity index (χ3n) is 3.70. The molecule has 0 aliphatic carbocycles. The molecule has 0 amide bonds. The van der Waals surface area contributed by atoms with Crippen LogP contribution in [-0.2, 0) is 5.41 Å². The minimum Gasteiger partial charge on any atom is -0.507 e. The van der Waals surface area contributed by atoms with E-state index in [1.807, 2.05) is 20.8 Å². The van der Waals surface area contributed by atoms with Crippen LogP contribution in [0, 0.1) is 29.1 Å². The molecular formula is C18H16F5NO. The monoisotopic (exact) mass is 357 g/mol. The summed E-state index contributed by atoms with van der Waals surface area (Å²) < 4.78 is 67.2. The lowest BCUT2D eigenvalue weighted by Gasteiger charge is -2.21. The Morgan fingerprint density at radius 2 is 1.36 bits per heavy atom. The van der Waals surface area contributed by atoms with Crippen LogP contribution in [0.25, 0.3) is 0 Å². The number of rotatable bonds is 2. The maximum absolute atomic E-state index is 13.8. The fraction of sp³-hybridized carbons (Fsp3) is 0.278. The molecule has 0 heterocycles. The van der Waals surface area contributed by atoms with E-state index in [0.29, 0.717) is 5.56 Å². The number of hydrogen-bond acceptors (Lipinski definition) is 2. The van der Waals surface area contributed by atoms with Gasteiger partial charge in [0.25, 0.3) is 0 Å². The summed E-state index contributed by atoms with van der Waals surface area (Å²) in [6, 6.07) is 4.72. The highest BCUT2D eigenvalue weighted by atomic mass is 19.2. The molecule has 0 spiro atoms. The van der Waals surface area contributed by atoms with Gasteiger partial charge in [-0.1, -0.05) is 32.9 Å². The van der Waals surface area contributed by atoms with E-state index in [1.165, 1.54) is 13.0 Å². The molecule has 1 N–H and O–H groups in total. The lowest BCUT2D eigenvalue weighted by Crippen LogP contribution is -2.12. The van der Waals surface area contributed by atoms with Crippen LogP contribution in [0.1, 0.15) is 38.8 Å². The molecule has 0 aliphatic heterocycles. The number of halogens is 5. The molecule has 0 bridgehead atoms. The average molecular weight is 357 g/mol. The van der Waals surface area contributed by atoms with Crippen LogP contribution in [0.5, 0.6) is 5.75 Å². The molecule has 25 heavy (non-hydrogen) atoms. The number of phenolic OH excluding ortho intramolecular Hbond substituents is 1.